The van der Waals surface area contributed by atoms with Crippen LogP contribution in [0.15, 0.2) is 73.1 Å². The molecule has 2 N–H and O–H groups in total. The number of amides is 3. The molecule has 1 saturated heterocycles. The van der Waals surface area contributed by atoms with E-state index in [0.717, 1.165) is 16.8 Å². The molecule has 214 valence electrons. The number of ether oxygens (including phenoxy) is 2. The number of nitrogens with zero attached hydrogens (tertiary/aromatic N) is 5. The topological polar surface area (TPSA) is 141 Å². The maximum absolute atomic E-state index is 13.5. The number of rotatable bonds is 2. The predicted octanol–water partition coefficient (Wildman–Crippen LogP) is 2.07. The summed E-state index contributed by atoms with van der Waals surface area (Å²) in [6, 6.07) is 19.1. The Hall–Kier alpha value is -5.26. The van der Waals surface area contributed by atoms with Crippen LogP contribution in [-0.2, 0) is 11.3 Å². The van der Waals surface area contributed by atoms with Crippen molar-refractivity contribution in [2.24, 2.45) is 0 Å². The number of hydrogen-bond acceptors (Lipinski definition) is 8. The fourth-order valence-corrected chi connectivity index (χ4v) is 5.02. The van der Waals surface area contributed by atoms with E-state index in [9.17, 15) is 14.4 Å². The van der Waals surface area contributed by atoms with Crippen LogP contribution in [0.3, 0.4) is 0 Å². The molecule has 4 heterocycles. The minimum absolute atomic E-state index is 0.151. The van der Waals surface area contributed by atoms with Gasteiger partial charge in [-0.1, -0.05) is 18.2 Å². The number of aromatic nitrogens is 4. The molecule has 1 fully saturated rings. The average Bonchev–Trinajstić information content (AvgIpc) is 3.56. The number of aryl methyl sites for hydroxylation is 1. The van der Waals surface area contributed by atoms with Crippen molar-refractivity contribution in [3.05, 3.63) is 95.3 Å². The van der Waals surface area contributed by atoms with E-state index >= 15 is 0 Å². The highest BCUT2D eigenvalue weighted by molar-refractivity contribution is 5.96. The number of benzene rings is 3. The van der Waals surface area contributed by atoms with Crippen LogP contribution in [-0.4, -0.2) is 74.7 Å². The third-order valence-electron chi connectivity index (χ3n) is 7.39. The monoisotopic (exact) mass is 567 g/mol. The first-order chi connectivity index (χ1) is 20.4. The second-order valence-electron chi connectivity index (χ2n) is 10.3. The summed E-state index contributed by atoms with van der Waals surface area (Å²) >= 11 is 0. The lowest BCUT2D eigenvalue weighted by Gasteiger charge is -2.39. The van der Waals surface area contributed by atoms with E-state index in [4.69, 9.17) is 9.47 Å². The average molecular weight is 568 g/mol. The smallest absolute Gasteiger partial charge is 0.258 e. The summed E-state index contributed by atoms with van der Waals surface area (Å²) in [6.07, 6.45) is 1.62. The molecule has 3 aromatic carbocycles. The lowest BCUT2D eigenvalue weighted by atomic mass is 9.99. The van der Waals surface area contributed by atoms with E-state index in [2.05, 4.69) is 26.2 Å². The van der Waals surface area contributed by atoms with Crippen molar-refractivity contribution in [1.82, 2.24) is 35.7 Å². The minimum atomic E-state index is -0.486. The number of likely N-dealkylation sites (tertiary alicyclic amines) is 1. The van der Waals surface area contributed by atoms with Crippen LogP contribution in [0.1, 0.15) is 38.3 Å². The molecule has 3 aliphatic heterocycles. The highest BCUT2D eigenvalue weighted by Gasteiger charge is 2.35. The van der Waals surface area contributed by atoms with E-state index in [1.807, 2.05) is 31.2 Å². The number of carbonyl (C=O) groups excluding carboxylic acids is 3. The highest BCUT2D eigenvalue weighted by atomic mass is 16.5. The Balaban J connectivity index is 1.25. The minimum Gasteiger partial charge on any atom is -0.488 e. The second-order valence-corrected chi connectivity index (χ2v) is 10.3. The van der Waals surface area contributed by atoms with Gasteiger partial charge in [-0.15, -0.1) is 5.10 Å². The molecule has 0 radical (unpaired) electrons. The third kappa shape index (κ3) is 5.92. The first-order valence-electron chi connectivity index (χ1n) is 13.6. The Morgan fingerprint density at radius 3 is 2.60 bits per heavy atom. The normalized spacial score (nSPS) is 19.0. The van der Waals surface area contributed by atoms with Crippen molar-refractivity contribution < 1.29 is 23.9 Å². The van der Waals surface area contributed by atoms with Gasteiger partial charge in [0, 0.05) is 37.2 Å². The van der Waals surface area contributed by atoms with Crippen molar-refractivity contribution in [2.45, 2.75) is 32.0 Å². The Labute approximate surface area is 241 Å². The Bertz CT molecular complexity index is 1590. The van der Waals surface area contributed by atoms with Crippen molar-refractivity contribution in [1.29, 1.82) is 0 Å². The van der Waals surface area contributed by atoms with Crippen LogP contribution >= 0.6 is 0 Å². The van der Waals surface area contributed by atoms with E-state index < -0.39 is 6.04 Å². The zero-order valence-electron chi connectivity index (χ0n) is 22.9. The van der Waals surface area contributed by atoms with Gasteiger partial charge in [-0.25, -0.2) is 4.68 Å². The zero-order valence-corrected chi connectivity index (χ0v) is 22.9. The standard InChI is InChI=1S/C30H29N7O5/c1-19-2-5-22-14-27(19)41-17-28(38)31-15-20-3-10-24(11-4-20)42-26-12-13-36(16-25(26)33-29(22)39)30(40)21-6-8-23(9-7-21)37-18-32-34-35-37/h2-11,14,18,25-26H,12-13,15-17H2,1H3,(H,31,38)(H,33,39)/t25-,26-/m0/s1. The van der Waals surface area contributed by atoms with Crippen LogP contribution in [0.2, 0.25) is 0 Å². The Morgan fingerprint density at radius 2 is 1.83 bits per heavy atom. The van der Waals surface area contributed by atoms with Gasteiger partial charge in [0.25, 0.3) is 17.7 Å². The predicted molar refractivity (Wildman–Crippen MR) is 150 cm³/mol. The molecule has 4 aromatic rings. The molecular weight excluding hydrogens is 538 g/mol. The lowest BCUT2D eigenvalue weighted by molar-refractivity contribution is -0.123. The van der Waals surface area contributed by atoms with E-state index in [0.29, 0.717) is 42.1 Å². The summed E-state index contributed by atoms with van der Waals surface area (Å²) in [5.41, 5.74) is 3.34. The number of piperidine rings is 1. The van der Waals surface area contributed by atoms with Gasteiger partial charge in [-0.05, 0) is 77.0 Å². The van der Waals surface area contributed by atoms with Crippen LogP contribution < -0.4 is 20.1 Å². The van der Waals surface area contributed by atoms with Gasteiger partial charge in [-0.2, -0.15) is 0 Å². The summed E-state index contributed by atoms with van der Waals surface area (Å²) in [7, 11) is 0. The summed E-state index contributed by atoms with van der Waals surface area (Å²) in [6.45, 7) is 2.74. The number of hydrogen-bond donors (Lipinski definition) is 2. The Morgan fingerprint density at radius 1 is 1.02 bits per heavy atom. The molecular formula is C30H29N7O5. The number of nitrogens with one attached hydrogen (secondary N) is 2. The number of fused-ring (bicyclic) bond motifs is 7. The van der Waals surface area contributed by atoms with Crippen molar-refractivity contribution in [3.8, 4) is 17.2 Å². The maximum Gasteiger partial charge on any atom is 0.258 e. The lowest BCUT2D eigenvalue weighted by Crippen LogP contribution is -2.58. The van der Waals surface area contributed by atoms with Gasteiger partial charge >= 0.3 is 0 Å². The molecule has 7 rings (SSSR count). The first kappa shape index (κ1) is 26.9. The van der Waals surface area contributed by atoms with Crippen LogP contribution in [0, 0.1) is 6.92 Å². The highest BCUT2D eigenvalue weighted by Crippen LogP contribution is 2.24. The van der Waals surface area contributed by atoms with Crippen molar-refractivity contribution >= 4 is 17.7 Å². The van der Waals surface area contributed by atoms with Gasteiger partial charge in [-0.3, -0.25) is 14.4 Å². The fourth-order valence-electron chi connectivity index (χ4n) is 5.02. The van der Waals surface area contributed by atoms with E-state index in [-0.39, 0.29) is 37.0 Å². The molecule has 4 bridgehead atoms. The van der Waals surface area contributed by atoms with Crippen LogP contribution in [0.5, 0.6) is 11.5 Å². The summed E-state index contributed by atoms with van der Waals surface area (Å²) in [4.78, 5) is 41.0. The number of carbonyl (C=O) groups is 3. The summed E-state index contributed by atoms with van der Waals surface area (Å²) in [5.74, 6) is 0.334. The van der Waals surface area contributed by atoms with Gasteiger partial charge < -0.3 is 25.0 Å². The molecule has 3 aliphatic rings. The molecule has 12 heteroatoms. The maximum atomic E-state index is 13.5. The van der Waals surface area contributed by atoms with Gasteiger partial charge in [0.2, 0.25) is 0 Å². The Kier molecular flexibility index (Phi) is 7.50. The molecule has 1 aromatic heterocycles. The number of tetrazole rings is 1. The molecule has 0 saturated carbocycles. The molecule has 0 unspecified atom stereocenters. The molecule has 0 aliphatic carbocycles. The molecule has 3 amide bonds. The molecule has 2 atom stereocenters. The van der Waals surface area contributed by atoms with Gasteiger partial charge in [0.1, 0.15) is 23.9 Å². The molecule has 42 heavy (non-hydrogen) atoms. The van der Waals surface area contributed by atoms with Gasteiger partial charge in [0.05, 0.1) is 11.7 Å². The van der Waals surface area contributed by atoms with Crippen molar-refractivity contribution in [2.75, 3.05) is 19.7 Å². The van der Waals surface area contributed by atoms with Crippen LogP contribution in [0.25, 0.3) is 5.69 Å². The molecule has 0 spiro atoms. The summed E-state index contributed by atoms with van der Waals surface area (Å²) in [5, 5.41) is 17.1. The largest absolute Gasteiger partial charge is 0.488 e. The third-order valence-corrected chi connectivity index (χ3v) is 7.39. The zero-order chi connectivity index (χ0) is 29.1. The molecule has 12 nitrogen and oxygen atoms in total. The summed E-state index contributed by atoms with van der Waals surface area (Å²) < 4.78 is 13.6. The SMILES string of the molecule is Cc1ccc2cc1OCC(=O)NCc1ccc(cc1)O[C@H]1CCN(C(=O)c3ccc(-n4cnnn4)cc3)C[C@@H]1NC2=O. The van der Waals surface area contributed by atoms with E-state index in [1.165, 1.54) is 11.0 Å². The fraction of sp³-hybridized carbons (Fsp3) is 0.267. The second kappa shape index (κ2) is 11.7. The first-order valence-corrected chi connectivity index (χ1v) is 13.6. The van der Waals surface area contributed by atoms with Crippen LogP contribution in [0.4, 0.5) is 0 Å². The quantitative estimate of drug-likeness (QED) is 0.375. The van der Waals surface area contributed by atoms with Crippen molar-refractivity contribution in [3.63, 3.8) is 0 Å². The van der Waals surface area contributed by atoms with Gasteiger partial charge in [0.15, 0.2) is 6.61 Å². The van der Waals surface area contributed by atoms with E-state index in [1.54, 1.807) is 47.4 Å².